The summed E-state index contributed by atoms with van der Waals surface area (Å²) < 4.78 is 14.5. The van der Waals surface area contributed by atoms with Crippen LogP contribution in [-0.2, 0) is 0 Å². The molecule has 0 spiro atoms. The number of aryl methyl sites for hydroxylation is 2. The number of hydrogen-bond acceptors (Lipinski definition) is 3. The molecule has 1 aromatic rings. The molecule has 20 heavy (non-hydrogen) atoms. The highest BCUT2D eigenvalue weighted by molar-refractivity contribution is 5.36. The average molecular weight is 279 g/mol. The van der Waals surface area contributed by atoms with Crippen molar-refractivity contribution in [3.05, 3.63) is 34.6 Å². The molecule has 0 amide bonds. The molecular formula is C16H26FN3. The van der Waals surface area contributed by atoms with Crippen molar-refractivity contribution in [1.29, 1.82) is 0 Å². The normalized spacial score (nSPS) is 19.6. The fraction of sp³-hybridized carbons (Fsp3) is 0.625. The standard InChI is InChI=1S/C16H26FN3/c1-11-9-12(2)14(13(17)10-11)15(19-18)16(20(3)4)7-5-6-8-16/h9-10,15,19H,5-8,18H2,1-4H3. The van der Waals surface area contributed by atoms with Gasteiger partial charge in [-0.25, -0.2) is 4.39 Å². The van der Waals surface area contributed by atoms with Gasteiger partial charge in [0.25, 0.3) is 0 Å². The van der Waals surface area contributed by atoms with Crippen LogP contribution in [0, 0.1) is 19.7 Å². The Bertz CT molecular complexity index is 456. The fourth-order valence-corrected chi connectivity index (χ4v) is 3.78. The minimum Gasteiger partial charge on any atom is -0.302 e. The van der Waals surface area contributed by atoms with E-state index in [9.17, 15) is 4.39 Å². The molecule has 1 atom stereocenters. The lowest BCUT2D eigenvalue weighted by molar-refractivity contribution is 0.102. The summed E-state index contributed by atoms with van der Waals surface area (Å²) in [4.78, 5) is 2.21. The minimum atomic E-state index is -0.180. The Morgan fingerprint density at radius 2 is 1.85 bits per heavy atom. The summed E-state index contributed by atoms with van der Waals surface area (Å²) in [7, 11) is 4.13. The lowest BCUT2D eigenvalue weighted by Crippen LogP contribution is -2.54. The van der Waals surface area contributed by atoms with Crippen molar-refractivity contribution in [2.75, 3.05) is 14.1 Å². The Kier molecular flexibility index (Phi) is 4.47. The van der Waals surface area contributed by atoms with Gasteiger partial charge in [-0.2, -0.15) is 0 Å². The highest BCUT2D eigenvalue weighted by Crippen LogP contribution is 2.44. The van der Waals surface area contributed by atoms with Gasteiger partial charge in [0.15, 0.2) is 0 Å². The number of halogens is 1. The maximum absolute atomic E-state index is 14.5. The summed E-state index contributed by atoms with van der Waals surface area (Å²) in [6.07, 6.45) is 4.43. The van der Waals surface area contributed by atoms with Gasteiger partial charge in [0, 0.05) is 11.1 Å². The van der Waals surface area contributed by atoms with Crippen LogP contribution in [0.4, 0.5) is 4.39 Å². The molecular weight excluding hydrogens is 253 g/mol. The largest absolute Gasteiger partial charge is 0.302 e. The topological polar surface area (TPSA) is 41.3 Å². The molecule has 4 heteroatoms. The van der Waals surface area contributed by atoms with E-state index < -0.39 is 0 Å². The molecule has 0 aliphatic heterocycles. The number of nitrogens with zero attached hydrogens (tertiary/aromatic N) is 1. The van der Waals surface area contributed by atoms with E-state index in [0.717, 1.165) is 24.0 Å². The summed E-state index contributed by atoms with van der Waals surface area (Å²) in [5.41, 5.74) is 5.44. The van der Waals surface area contributed by atoms with E-state index in [1.54, 1.807) is 6.07 Å². The zero-order valence-electron chi connectivity index (χ0n) is 13.0. The molecule has 1 unspecified atom stereocenters. The third-order valence-corrected chi connectivity index (χ3v) is 4.83. The second-order valence-electron chi connectivity index (χ2n) is 6.28. The molecule has 2 rings (SSSR count). The molecule has 1 saturated carbocycles. The molecule has 3 nitrogen and oxygen atoms in total. The zero-order valence-corrected chi connectivity index (χ0v) is 13.0. The number of nitrogens with two attached hydrogens (primary N) is 1. The quantitative estimate of drug-likeness (QED) is 0.658. The number of nitrogens with one attached hydrogen (secondary N) is 1. The first-order valence-corrected chi connectivity index (χ1v) is 7.32. The number of rotatable bonds is 4. The second kappa shape index (κ2) is 5.80. The molecule has 0 radical (unpaired) electrons. The summed E-state index contributed by atoms with van der Waals surface area (Å²) in [6.45, 7) is 3.89. The third-order valence-electron chi connectivity index (χ3n) is 4.83. The van der Waals surface area contributed by atoms with Crippen LogP contribution in [0.1, 0.15) is 48.4 Å². The van der Waals surface area contributed by atoms with Crippen molar-refractivity contribution in [3.63, 3.8) is 0 Å². The van der Waals surface area contributed by atoms with Crippen LogP contribution >= 0.6 is 0 Å². The monoisotopic (exact) mass is 279 g/mol. The first-order valence-electron chi connectivity index (χ1n) is 7.32. The zero-order chi connectivity index (χ0) is 14.9. The molecule has 3 N–H and O–H groups in total. The van der Waals surface area contributed by atoms with Gasteiger partial charge in [0.2, 0.25) is 0 Å². The molecule has 1 aliphatic carbocycles. The number of hydrazine groups is 1. The number of likely N-dealkylation sites (N-methyl/N-ethyl adjacent to an activating group) is 1. The Hall–Kier alpha value is -0.970. The molecule has 1 fully saturated rings. The van der Waals surface area contributed by atoms with Gasteiger partial charge in [0.1, 0.15) is 5.82 Å². The Balaban J connectivity index is 2.52. The van der Waals surface area contributed by atoms with Crippen LogP contribution in [0.3, 0.4) is 0 Å². The van der Waals surface area contributed by atoms with Crippen molar-refractivity contribution in [2.24, 2.45) is 5.84 Å². The van der Waals surface area contributed by atoms with Crippen LogP contribution in [0.15, 0.2) is 12.1 Å². The van der Waals surface area contributed by atoms with E-state index in [1.165, 1.54) is 12.8 Å². The van der Waals surface area contributed by atoms with Crippen molar-refractivity contribution < 1.29 is 4.39 Å². The molecule has 0 bridgehead atoms. The van der Waals surface area contributed by atoms with Crippen LogP contribution in [0.2, 0.25) is 0 Å². The van der Waals surface area contributed by atoms with E-state index in [0.29, 0.717) is 5.56 Å². The van der Waals surface area contributed by atoms with Crippen molar-refractivity contribution >= 4 is 0 Å². The summed E-state index contributed by atoms with van der Waals surface area (Å²) >= 11 is 0. The van der Waals surface area contributed by atoms with Gasteiger partial charge in [0.05, 0.1) is 6.04 Å². The highest BCUT2D eigenvalue weighted by Gasteiger charge is 2.44. The highest BCUT2D eigenvalue weighted by atomic mass is 19.1. The SMILES string of the molecule is Cc1cc(C)c(C(NN)C2(N(C)C)CCCC2)c(F)c1. The molecule has 1 aromatic carbocycles. The van der Waals surface area contributed by atoms with Crippen LogP contribution in [0.5, 0.6) is 0 Å². The lowest BCUT2D eigenvalue weighted by atomic mass is 9.80. The molecule has 0 heterocycles. The van der Waals surface area contributed by atoms with Crippen molar-refractivity contribution in [2.45, 2.75) is 51.1 Å². The smallest absolute Gasteiger partial charge is 0.128 e. The second-order valence-corrected chi connectivity index (χ2v) is 6.28. The Labute approximate surface area is 121 Å². The van der Waals surface area contributed by atoms with Gasteiger partial charge >= 0.3 is 0 Å². The van der Waals surface area contributed by atoms with Gasteiger partial charge in [-0.1, -0.05) is 18.9 Å². The summed E-state index contributed by atoms with van der Waals surface area (Å²) in [5.74, 6) is 5.69. The fourth-order valence-electron chi connectivity index (χ4n) is 3.78. The first-order chi connectivity index (χ1) is 9.42. The van der Waals surface area contributed by atoms with E-state index in [4.69, 9.17) is 5.84 Å². The Morgan fingerprint density at radius 3 is 2.30 bits per heavy atom. The lowest BCUT2D eigenvalue weighted by Gasteiger charge is -2.43. The molecule has 1 aliphatic rings. The van der Waals surface area contributed by atoms with Crippen molar-refractivity contribution in [3.8, 4) is 0 Å². The Morgan fingerprint density at radius 1 is 1.25 bits per heavy atom. The average Bonchev–Trinajstić information content (AvgIpc) is 2.83. The maximum Gasteiger partial charge on any atom is 0.128 e. The third kappa shape index (κ3) is 2.48. The van der Waals surface area contributed by atoms with Gasteiger partial charge in [-0.05, 0) is 58.0 Å². The van der Waals surface area contributed by atoms with Gasteiger partial charge < -0.3 is 4.90 Å². The van der Waals surface area contributed by atoms with E-state index in [1.807, 2.05) is 19.9 Å². The molecule has 0 saturated heterocycles. The number of hydrogen-bond donors (Lipinski definition) is 2. The minimum absolute atomic E-state index is 0.102. The maximum atomic E-state index is 14.5. The van der Waals surface area contributed by atoms with E-state index >= 15 is 0 Å². The molecule has 0 aromatic heterocycles. The van der Waals surface area contributed by atoms with Gasteiger partial charge in [-0.15, -0.1) is 0 Å². The number of benzene rings is 1. The first kappa shape index (κ1) is 15.4. The summed E-state index contributed by atoms with van der Waals surface area (Å²) in [5, 5.41) is 0. The van der Waals surface area contributed by atoms with Crippen LogP contribution in [-0.4, -0.2) is 24.5 Å². The van der Waals surface area contributed by atoms with E-state index in [-0.39, 0.29) is 17.4 Å². The van der Waals surface area contributed by atoms with Crippen LogP contribution < -0.4 is 11.3 Å². The predicted molar refractivity (Wildman–Crippen MR) is 80.8 cm³/mol. The van der Waals surface area contributed by atoms with Crippen LogP contribution in [0.25, 0.3) is 0 Å². The molecule has 112 valence electrons. The summed E-state index contributed by atoms with van der Waals surface area (Å²) in [6, 6.07) is 3.45. The predicted octanol–water partition coefficient (Wildman–Crippen LogP) is 2.82. The van der Waals surface area contributed by atoms with Crippen molar-refractivity contribution in [1.82, 2.24) is 10.3 Å². The van der Waals surface area contributed by atoms with Gasteiger partial charge in [-0.3, -0.25) is 11.3 Å². The van der Waals surface area contributed by atoms with E-state index in [2.05, 4.69) is 24.4 Å².